The van der Waals surface area contributed by atoms with Crippen molar-refractivity contribution in [1.29, 1.82) is 0 Å². The normalized spacial score (nSPS) is 18.0. The van der Waals surface area contributed by atoms with Gasteiger partial charge in [-0.15, -0.1) is 0 Å². The van der Waals surface area contributed by atoms with Crippen molar-refractivity contribution in [3.05, 3.63) is 83.5 Å². The minimum absolute atomic E-state index is 0. The number of hydrogen-bond acceptors (Lipinski definition) is 0. The fraction of sp³-hybridized carbons (Fsp3) is 0.133. The molecule has 0 unspecified atom stereocenters. The summed E-state index contributed by atoms with van der Waals surface area (Å²) in [5.74, 6) is 1.27. The first-order chi connectivity index (χ1) is 7.27. The predicted octanol–water partition coefficient (Wildman–Crippen LogP) is 3.68. The zero-order valence-electron chi connectivity index (χ0n) is 10.1. The van der Waals surface area contributed by atoms with Gasteiger partial charge in [-0.25, -0.2) is 0 Å². The molecular weight excluding hydrogens is 228 g/mol. The van der Waals surface area contributed by atoms with Gasteiger partial charge in [0.25, 0.3) is 0 Å². The van der Waals surface area contributed by atoms with Gasteiger partial charge in [-0.1, -0.05) is 13.8 Å². The maximum absolute atomic E-state index is 3.52. The standard InChI is InChI=1S/2C5H5.C5H9.Ti/c2*1-2-4-5-3-1;1-4-5(2)3;/h2*1-5H;4H,1H2,2-3H3;. The van der Waals surface area contributed by atoms with E-state index in [1.807, 2.05) is 84.5 Å². The van der Waals surface area contributed by atoms with E-state index in [0.29, 0.717) is 0 Å². The van der Waals surface area contributed by atoms with Crippen molar-refractivity contribution in [2.45, 2.75) is 13.8 Å². The second-order valence-electron chi connectivity index (χ2n) is 3.21. The Balaban J connectivity index is 0. The molecule has 2 saturated carbocycles. The summed E-state index contributed by atoms with van der Waals surface area (Å²) in [7, 11) is 0. The van der Waals surface area contributed by atoms with E-state index in [1.54, 1.807) is 0 Å². The van der Waals surface area contributed by atoms with Crippen LogP contribution in [-0.4, -0.2) is 0 Å². The van der Waals surface area contributed by atoms with Crippen LogP contribution in [0.1, 0.15) is 13.8 Å². The van der Waals surface area contributed by atoms with Crippen LogP contribution in [0.25, 0.3) is 0 Å². The molecule has 2 rings (SSSR count). The molecule has 16 heavy (non-hydrogen) atoms. The largest absolute Gasteiger partial charge is 0.0591 e. The number of rotatable bonds is 1. The van der Waals surface area contributed by atoms with Gasteiger partial charge in [0.15, 0.2) is 0 Å². The van der Waals surface area contributed by atoms with Crippen molar-refractivity contribution in [3.63, 3.8) is 0 Å². The average Bonchev–Trinajstić information content (AvgIpc) is 2.96. The van der Waals surface area contributed by atoms with Gasteiger partial charge >= 0.3 is 0 Å². The Morgan fingerprint density at radius 1 is 0.688 bits per heavy atom. The van der Waals surface area contributed by atoms with Crippen molar-refractivity contribution < 1.29 is 21.7 Å². The maximum atomic E-state index is 3.52. The van der Waals surface area contributed by atoms with E-state index < -0.39 is 0 Å². The maximum Gasteiger partial charge on any atom is 0 e. The molecule has 1 heteroatoms. The Morgan fingerprint density at radius 2 is 0.812 bits per heavy atom. The summed E-state index contributed by atoms with van der Waals surface area (Å²) in [6, 6.07) is 0. The third kappa shape index (κ3) is 17.1. The van der Waals surface area contributed by atoms with Gasteiger partial charge in [0.2, 0.25) is 0 Å². The zero-order chi connectivity index (χ0) is 11.4. The Labute approximate surface area is 119 Å². The van der Waals surface area contributed by atoms with Crippen molar-refractivity contribution >= 4 is 0 Å². The molecule has 0 N–H and O–H groups in total. The zero-order valence-corrected chi connectivity index (χ0v) is 11.6. The Hall–Kier alpha value is 0.714. The first kappa shape index (κ1) is 19.1. The molecule has 0 heterocycles. The SMILES string of the molecule is [CH2][CH][C](C)C.[CH]1[CH][CH][CH][CH]1.[CH]1[CH][CH][CH][CH]1.[Ti]. The molecule has 0 bridgehead atoms. The van der Waals surface area contributed by atoms with Gasteiger partial charge in [-0.2, -0.15) is 0 Å². The summed E-state index contributed by atoms with van der Waals surface area (Å²) in [6.45, 7) is 7.56. The quantitative estimate of drug-likeness (QED) is 0.620. The molecule has 2 fully saturated rings. The summed E-state index contributed by atoms with van der Waals surface area (Å²) in [4.78, 5) is 0. The Bertz CT molecular complexity index is 76.8. The summed E-state index contributed by atoms with van der Waals surface area (Å²) >= 11 is 0. The van der Waals surface area contributed by atoms with Crippen LogP contribution in [0, 0.1) is 83.5 Å². The van der Waals surface area contributed by atoms with Crippen LogP contribution >= 0.6 is 0 Å². The molecule has 0 atom stereocenters. The molecule has 83 valence electrons. The minimum atomic E-state index is 0. The summed E-state index contributed by atoms with van der Waals surface area (Å²) in [6.07, 6.45) is 21.8. The van der Waals surface area contributed by atoms with E-state index in [4.69, 9.17) is 0 Å². The van der Waals surface area contributed by atoms with E-state index in [9.17, 15) is 0 Å². The van der Waals surface area contributed by atoms with Crippen molar-refractivity contribution in [2.24, 2.45) is 0 Å². The third-order valence-corrected chi connectivity index (χ3v) is 1.52. The summed E-state index contributed by atoms with van der Waals surface area (Å²) in [5.41, 5.74) is 0. The second-order valence-corrected chi connectivity index (χ2v) is 3.21. The molecule has 2 aliphatic rings. The van der Waals surface area contributed by atoms with Gasteiger partial charge in [0.1, 0.15) is 0 Å². The smallest absolute Gasteiger partial charge is 0 e. The second kappa shape index (κ2) is 15.7. The van der Waals surface area contributed by atoms with E-state index in [2.05, 4.69) is 6.92 Å². The Kier molecular flexibility index (Phi) is 18.7. The molecule has 13 radical (unpaired) electrons. The molecular formula is C15H19Ti. The number of hydrogen-bond donors (Lipinski definition) is 0. The van der Waals surface area contributed by atoms with E-state index in [-0.39, 0.29) is 21.7 Å². The van der Waals surface area contributed by atoms with Gasteiger partial charge in [0, 0.05) is 21.7 Å². The van der Waals surface area contributed by atoms with Crippen LogP contribution < -0.4 is 0 Å². The Morgan fingerprint density at radius 3 is 0.875 bits per heavy atom. The molecule has 0 aromatic rings. The monoisotopic (exact) mass is 247 g/mol. The summed E-state index contributed by atoms with van der Waals surface area (Å²) < 4.78 is 0. The first-order valence-corrected chi connectivity index (χ1v) is 5.03. The van der Waals surface area contributed by atoms with Crippen LogP contribution in [-0.2, 0) is 21.7 Å². The molecule has 0 saturated heterocycles. The molecule has 0 amide bonds. The van der Waals surface area contributed by atoms with Crippen molar-refractivity contribution in [3.8, 4) is 0 Å². The molecule has 0 aliphatic heterocycles. The first-order valence-electron chi connectivity index (χ1n) is 5.03. The van der Waals surface area contributed by atoms with Gasteiger partial charge in [-0.05, 0) is 83.5 Å². The third-order valence-electron chi connectivity index (χ3n) is 1.52. The molecule has 0 aromatic heterocycles. The van der Waals surface area contributed by atoms with E-state index in [0.717, 1.165) is 0 Å². The molecule has 0 aromatic carbocycles. The van der Waals surface area contributed by atoms with Crippen LogP contribution in [0.3, 0.4) is 0 Å². The van der Waals surface area contributed by atoms with Crippen molar-refractivity contribution in [1.82, 2.24) is 0 Å². The predicted molar refractivity (Wildman–Crippen MR) is 67.2 cm³/mol. The van der Waals surface area contributed by atoms with Crippen LogP contribution in [0.2, 0.25) is 0 Å². The van der Waals surface area contributed by atoms with Gasteiger partial charge in [0.05, 0.1) is 0 Å². The summed E-state index contributed by atoms with van der Waals surface area (Å²) in [5, 5.41) is 0. The van der Waals surface area contributed by atoms with Gasteiger partial charge < -0.3 is 0 Å². The van der Waals surface area contributed by atoms with Gasteiger partial charge in [-0.3, -0.25) is 0 Å². The fourth-order valence-corrected chi connectivity index (χ4v) is 0.642. The fourth-order valence-electron chi connectivity index (χ4n) is 0.642. The van der Waals surface area contributed by atoms with E-state index >= 15 is 0 Å². The molecule has 0 spiro atoms. The van der Waals surface area contributed by atoms with Crippen LogP contribution in [0.5, 0.6) is 0 Å². The van der Waals surface area contributed by atoms with Crippen molar-refractivity contribution in [2.75, 3.05) is 0 Å². The average molecular weight is 247 g/mol. The minimum Gasteiger partial charge on any atom is -0.0591 e. The van der Waals surface area contributed by atoms with Crippen LogP contribution in [0.4, 0.5) is 0 Å². The topological polar surface area (TPSA) is 0 Å². The molecule has 0 nitrogen and oxygen atoms in total. The molecule has 2 aliphatic carbocycles. The van der Waals surface area contributed by atoms with Crippen LogP contribution in [0.15, 0.2) is 0 Å². The van der Waals surface area contributed by atoms with E-state index in [1.165, 1.54) is 5.92 Å².